The third-order valence-electron chi connectivity index (χ3n) is 2.79. The first-order chi connectivity index (χ1) is 9.99. The molecule has 0 saturated carbocycles. The van der Waals surface area contributed by atoms with Crippen LogP contribution in [0, 0.1) is 0 Å². The summed E-state index contributed by atoms with van der Waals surface area (Å²) >= 11 is 0. The number of carbonyl (C=O) groups excluding carboxylic acids is 2. The van der Waals surface area contributed by atoms with Crippen LogP contribution in [0.4, 0.5) is 4.79 Å². The maximum atomic E-state index is 12.5. The van der Waals surface area contributed by atoms with Crippen LogP contribution in [0.3, 0.4) is 0 Å². The molecule has 0 aromatic carbocycles. The number of Topliss-reactive ketones (excluding diaryl/α,β-unsaturated/α-hetero) is 1. The number of carbonyl (C=O) groups is 2. The molecule has 0 spiro atoms. The number of ketones is 1. The zero-order chi connectivity index (χ0) is 17.1. The lowest BCUT2D eigenvalue weighted by atomic mass is 9.99. The van der Waals surface area contributed by atoms with Crippen LogP contribution in [0.5, 0.6) is 0 Å². The van der Waals surface area contributed by atoms with E-state index >= 15 is 0 Å². The highest BCUT2D eigenvalue weighted by Crippen LogP contribution is 2.20. The summed E-state index contributed by atoms with van der Waals surface area (Å²) in [5.41, 5.74) is 0.598. The second-order valence-electron chi connectivity index (χ2n) is 6.90. The molecule has 1 rings (SSSR count). The largest absolute Gasteiger partial charge is 0.444 e. The minimum atomic E-state index is -0.560. The van der Waals surface area contributed by atoms with Gasteiger partial charge in [-0.05, 0) is 20.8 Å². The van der Waals surface area contributed by atoms with Gasteiger partial charge in [0.1, 0.15) is 5.60 Å². The molecule has 124 valence electrons. The van der Waals surface area contributed by atoms with E-state index in [4.69, 9.17) is 4.74 Å². The average Bonchev–Trinajstić information content (AvgIpc) is 2.30. The molecule has 6 nitrogen and oxygen atoms in total. The highest BCUT2D eigenvalue weighted by atomic mass is 16.6. The molecule has 1 amide bonds. The van der Waals surface area contributed by atoms with Gasteiger partial charge < -0.3 is 14.5 Å². The van der Waals surface area contributed by atoms with Crippen molar-refractivity contribution in [1.29, 1.82) is 0 Å². The van der Waals surface area contributed by atoms with E-state index < -0.39 is 11.7 Å². The Bertz CT molecular complexity index is 469. The van der Waals surface area contributed by atoms with Gasteiger partial charge in [0.05, 0.1) is 13.1 Å². The Morgan fingerprint density at radius 1 is 1.05 bits per heavy atom. The summed E-state index contributed by atoms with van der Waals surface area (Å²) in [4.78, 5) is 29.9. The van der Waals surface area contributed by atoms with E-state index in [0.29, 0.717) is 11.1 Å². The van der Waals surface area contributed by atoms with E-state index in [1.165, 1.54) is 0 Å². The maximum absolute atomic E-state index is 12.5. The minimum absolute atomic E-state index is 0.0257. The standard InChI is InChI=1S/C16H27N3O3/c1-16(2,3)22-15(21)19-10-12(8-17(4)5)14(20)13(11-19)9-18(6)7/h8-9H,10-11H2,1-7H3. The minimum Gasteiger partial charge on any atom is -0.444 e. The fourth-order valence-electron chi connectivity index (χ4n) is 2.09. The van der Waals surface area contributed by atoms with Crippen LogP contribution in [-0.4, -0.2) is 73.5 Å². The number of amides is 1. The summed E-state index contributed by atoms with van der Waals surface area (Å²) in [6.45, 7) is 6.00. The molecule has 22 heavy (non-hydrogen) atoms. The summed E-state index contributed by atoms with van der Waals surface area (Å²) in [6.07, 6.45) is 3.10. The van der Waals surface area contributed by atoms with Crippen molar-refractivity contribution in [3.05, 3.63) is 23.5 Å². The van der Waals surface area contributed by atoms with E-state index in [9.17, 15) is 9.59 Å². The predicted molar refractivity (Wildman–Crippen MR) is 86.4 cm³/mol. The van der Waals surface area contributed by atoms with Crippen molar-refractivity contribution in [2.24, 2.45) is 0 Å². The van der Waals surface area contributed by atoms with Gasteiger partial charge >= 0.3 is 6.09 Å². The van der Waals surface area contributed by atoms with Gasteiger partial charge in [-0.1, -0.05) is 0 Å². The first-order valence-electron chi connectivity index (χ1n) is 7.26. The van der Waals surface area contributed by atoms with E-state index in [-0.39, 0.29) is 18.9 Å². The van der Waals surface area contributed by atoms with Gasteiger partial charge in [-0.25, -0.2) is 4.79 Å². The van der Waals surface area contributed by atoms with Gasteiger partial charge in [0.2, 0.25) is 0 Å². The van der Waals surface area contributed by atoms with Crippen LogP contribution in [-0.2, 0) is 9.53 Å². The lowest BCUT2D eigenvalue weighted by molar-refractivity contribution is -0.113. The number of nitrogens with zero attached hydrogens (tertiary/aromatic N) is 3. The monoisotopic (exact) mass is 309 g/mol. The lowest BCUT2D eigenvalue weighted by Crippen LogP contribution is -2.44. The molecule has 0 unspecified atom stereocenters. The number of rotatable bonds is 2. The SMILES string of the molecule is CN(C)C=C1CN(C(=O)OC(C)(C)C)CC(=CN(C)C)C1=O. The van der Waals surface area contributed by atoms with Crippen LogP contribution in [0.1, 0.15) is 20.8 Å². The second kappa shape index (κ2) is 6.85. The third kappa shape index (κ3) is 5.42. The summed E-state index contributed by atoms with van der Waals surface area (Å²) < 4.78 is 5.41. The Balaban J connectivity index is 3.06. The van der Waals surface area contributed by atoms with Crippen LogP contribution in [0.2, 0.25) is 0 Å². The Hall–Kier alpha value is -1.98. The van der Waals surface area contributed by atoms with Crippen molar-refractivity contribution in [2.75, 3.05) is 41.3 Å². The molecule has 0 aromatic rings. The van der Waals surface area contributed by atoms with Gasteiger partial charge in [0, 0.05) is 51.7 Å². The first-order valence-corrected chi connectivity index (χ1v) is 7.26. The normalized spacial score (nSPS) is 19.6. The molecule has 1 fully saturated rings. The Morgan fingerprint density at radius 2 is 1.45 bits per heavy atom. The molecule has 0 radical (unpaired) electrons. The molecule has 0 aromatic heterocycles. The molecule has 0 aliphatic carbocycles. The number of hydrogen-bond acceptors (Lipinski definition) is 5. The molecule has 0 N–H and O–H groups in total. The Morgan fingerprint density at radius 3 is 1.77 bits per heavy atom. The van der Waals surface area contributed by atoms with E-state index in [1.54, 1.807) is 27.1 Å². The molecular weight excluding hydrogens is 282 g/mol. The van der Waals surface area contributed by atoms with Gasteiger partial charge in [0.15, 0.2) is 5.78 Å². The molecule has 0 atom stereocenters. The zero-order valence-corrected chi connectivity index (χ0v) is 14.6. The van der Waals surface area contributed by atoms with Crippen molar-refractivity contribution in [1.82, 2.24) is 14.7 Å². The third-order valence-corrected chi connectivity index (χ3v) is 2.79. The van der Waals surface area contributed by atoms with Crippen molar-refractivity contribution in [3.8, 4) is 0 Å². The van der Waals surface area contributed by atoms with Crippen LogP contribution >= 0.6 is 0 Å². The lowest BCUT2D eigenvalue weighted by Gasteiger charge is -2.32. The Labute approximate surface area is 133 Å². The molecule has 0 bridgehead atoms. The molecule has 1 aliphatic heterocycles. The summed E-state index contributed by atoms with van der Waals surface area (Å²) in [5.74, 6) is -0.0257. The van der Waals surface area contributed by atoms with Crippen LogP contribution in [0.25, 0.3) is 0 Å². The fraction of sp³-hybridized carbons (Fsp3) is 0.625. The highest BCUT2D eigenvalue weighted by molar-refractivity contribution is 6.10. The Kier molecular flexibility index (Phi) is 5.63. The molecule has 6 heteroatoms. The first kappa shape index (κ1) is 18.1. The van der Waals surface area contributed by atoms with Gasteiger partial charge in [-0.15, -0.1) is 0 Å². The molecular formula is C16H27N3O3. The molecule has 1 aliphatic rings. The number of likely N-dealkylation sites (tertiary alicyclic amines) is 1. The summed E-state index contributed by atoms with van der Waals surface area (Å²) in [5, 5.41) is 0. The molecule has 1 heterocycles. The van der Waals surface area contributed by atoms with Crippen molar-refractivity contribution in [3.63, 3.8) is 0 Å². The number of piperidine rings is 1. The van der Waals surface area contributed by atoms with Crippen molar-refractivity contribution >= 4 is 11.9 Å². The van der Waals surface area contributed by atoms with Crippen LogP contribution in [0.15, 0.2) is 23.5 Å². The summed E-state index contributed by atoms with van der Waals surface area (Å²) in [6, 6.07) is 0. The quantitative estimate of drug-likeness (QED) is 0.727. The van der Waals surface area contributed by atoms with Gasteiger partial charge in [-0.3, -0.25) is 9.69 Å². The average molecular weight is 309 g/mol. The summed E-state index contributed by atoms with van der Waals surface area (Å²) in [7, 11) is 7.40. The highest BCUT2D eigenvalue weighted by Gasteiger charge is 2.32. The fourth-order valence-corrected chi connectivity index (χ4v) is 2.09. The van der Waals surface area contributed by atoms with E-state index in [1.807, 2.05) is 49.0 Å². The van der Waals surface area contributed by atoms with Crippen molar-refractivity contribution in [2.45, 2.75) is 26.4 Å². The van der Waals surface area contributed by atoms with Crippen LogP contribution < -0.4 is 0 Å². The van der Waals surface area contributed by atoms with Gasteiger partial charge in [0.25, 0.3) is 0 Å². The van der Waals surface area contributed by atoms with E-state index in [2.05, 4.69) is 0 Å². The second-order valence-corrected chi connectivity index (χ2v) is 6.90. The zero-order valence-electron chi connectivity index (χ0n) is 14.6. The number of ether oxygens (including phenoxy) is 1. The smallest absolute Gasteiger partial charge is 0.410 e. The molecule has 1 saturated heterocycles. The maximum Gasteiger partial charge on any atom is 0.410 e. The number of hydrogen-bond donors (Lipinski definition) is 0. The van der Waals surface area contributed by atoms with Crippen molar-refractivity contribution < 1.29 is 14.3 Å². The van der Waals surface area contributed by atoms with E-state index in [0.717, 1.165) is 0 Å². The predicted octanol–water partition coefficient (Wildman–Crippen LogP) is 1.70. The topological polar surface area (TPSA) is 53.1 Å². The van der Waals surface area contributed by atoms with Gasteiger partial charge in [-0.2, -0.15) is 0 Å².